The van der Waals surface area contributed by atoms with Crippen LogP contribution in [0.4, 0.5) is 0 Å². The molecule has 0 N–H and O–H groups in total. The van der Waals surface area contributed by atoms with Crippen LogP contribution in [0.5, 0.6) is 0 Å². The molecule has 0 amide bonds. The summed E-state index contributed by atoms with van der Waals surface area (Å²) in [5.74, 6) is 0. The van der Waals surface area contributed by atoms with E-state index in [9.17, 15) is 0 Å². The number of hydrogen-bond donors (Lipinski definition) is 0. The van der Waals surface area contributed by atoms with E-state index in [1.54, 1.807) is 0 Å². The fourth-order valence-corrected chi connectivity index (χ4v) is 4.61. The topological polar surface area (TPSA) is 29.9 Å². The average molecular weight is 416 g/mol. The molecule has 0 fully saturated rings. The van der Waals surface area contributed by atoms with Gasteiger partial charge in [-0.3, -0.25) is 0 Å². The number of furan rings is 1. The molecule has 0 aliphatic heterocycles. The van der Waals surface area contributed by atoms with Crippen molar-refractivity contribution in [3.8, 4) is 22.4 Å². The molecule has 0 saturated heterocycles. The Labute approximate surface area is 186 Å². The minimum atomic E-state index is 0.695. The number of rotatable bonds is 2. The molecule has 0 aliphatic rings. The van der Waals surface area contributed by atoms with Gasteiger partial charge in [-0.1, -0.05) is 48.5 Å². The zero-order valence-corrected chi connectivity index (χ0v) is 18.4. The van der Waals surface area contributed by atoms with Crippen molar-refractivity contribution in [1.29, 1.82) is 0 Å². The lowest BCUT2D eigenvalue weighted by atomic mass is 9.98. The van der Waals surface area contributed by atoms with E-state index in [2.05, 4.69) is 104 Å². The predicted octanol–water partition coefficient (Wildman–Crippen LogP) is 6.91. The van der Waals surface area contributed by atoms with Gasteiger partial charge < -0.3 is 4.42 Å². The first-order valence-corrected chi connectivity index (χ1v) is 10.9. The molecular formula is C29H23N2O+. The van der Waals surface area contributed by atoms with Gasteiger partial charge in [0.2, 0.25) is 11.4 Å². The number of aromatic nitrogens is 2. The molecule has 154 valence electrons. The largest absolute Gasteiger partial charge is 0.438 e. The Morgan fingerprint density at radius 1 is 0.750 bits per heavy atom. The highest BCUT2D eigenvalue weighted by molar-refractivity contribution is 6.08. The van der Waals surface area contributed by atoms with Gasteiger partial charge in [0.15, 0.2) is 6.20 Å². The number of para-hydroxylation sites is 1. The summed E-state index contributed by atoms with van der Waals surface area (Å²) >= 11 is 0. The van der Waals surface area contributed by atoms with Crippen molar-refractivity contribution in [2.75, 3.05) is 0 Å². The van der Waals surface area contributed by atoms with Gasteiger partial charge in [-0.15, -0.1) is 0 Å². The Balaban J connectivity index is 1.58. The molecule has 3 aromatic heterocycles. The van der Waals surface area contributed by atoms with Gasteiger partial charge in [0, 0.05) is 28.3 Å². The van der Waals surface area contributed by atoms with Gasteiger partial charge >= 0.3 is 0 Å². The average Bonchev–Trinajstić information content (AvgIpc) is 3.15. The Morgan fingerprint density at radius 3 is 2.44 bits per heavy atom. The summed E-state index contributed by atoms with van der Waals surface area (Å²) in [5.41, 5.74) is 9.66. The molecule has 0 radical (unpaired) electrons. The van der Waals surface area contributed by atoms with Crippen LogP contribution in [0, 0.1) is 13.8 Å². The second kappa shape index (κ2) is 7.03. The lowest BCUT2D eigenvalue weighted by Gasteiger charge is -2.07. The summed E-state index contributed by atoms with van der Waals surface area (Å²) in [6.45, 7) is 4.26. The third kappa shape index (κ3) is 2.89. The van der Waals surface area contributed by atoms with E-state index in [0.29, 0.717) is 5.71 Å². The lowest BCUT2D eigenvalue weighted by molar-refractivity contribution is -0.660. The molecule has 0 spiro atoms. The van der Waals surface area contributed by atoms with Crippen molar-refractivity contribution in [2.24, 2.45) is 7.05 Å². The highest BCUT2D eigenvalue weighted by Gasteiger charge is 2.18. The molecule has 0 atom stereocenters. The number of aryl methyl sites for hydroxylation is 3. The van der Waals surface area contributed by atoms with Crippen LogP contribution in [-0.2, 0) is 7.05 Å². The Bertz CT molecular complexity index is 1650. The normalized spacial score (nSPS) is 11.6. The van der Waals surface area contributed by atoms with E-state index in [1.807, 2.05) is 6.07 Å². The summed E-state index contributed by atoms with van der Waals surface area (Å²) in [5, 5.41) is 3.32. The van der Waals surface area contributed by atoms with Crippen molar-refractivity contribution < 1.29 is 8.98 Å². The van der Waals surface area contributed by atoms with E-state index >= 15 is 0 Å². The van der Waals surface area contributed by atoms with E-state index < -0.39 is 0 Å². The second-order valence-corrected chi connectivity index (χ2v) is 8.53. The third-order valence-corrected chi connectivity index (χ3v) is 6.37. The Hall–Kier alpha value is -3.98. The molecule has 0 aliphatic carbocycles. The van der Waals surface area contributed by atoms with Gasteiger partial charge in [-0.05, 0) is 54.3 Å². The molecule has 3 aromatic carbocycles. The molecule has 3 heterocycles. The summed E-state index contributed by atoms with van der Waals surface area (Å²) < 4.78 is 8.43. The zero-order valence-electron chi connectivity index (χ0n) is 18.4. The molecule has 32 heavy (non-hydrogen) atoms. The summed E-state index contributed by atoms with van der Waals surface area (Å²) in [7, 11) is 2.09. The second-order valence-electron chi connectivity index (χ2n) is 8.53. The van der Waals surface area contributed by atoms with Gasteiger partial charge in [0.05, 0.1) is 11.1 Å². The van der Waals surface area contributed by atoms with Crippen molar-refractivity contribution in [1.82, 2.24) is 4.98 Å². The predicted molar refractivity (Wildman–Crippen MR) is 131 cm³/mol. The number of benzene rings is 3. The van der Waals surface area contributed by atoms with Crippen LogP contribution >= 0.6 is 0 Å². The van der Waals surface area contributed by atoms with Gasteiger partial charge in [-0.25, -0.2) is 9.55 Å². The standard InChI is InChI=1S/C29H23N2O/c1-18-8-7-11-22-15-25-24-14-19(2)23(17-27(24)32-29(25)30-28(18)22)26-16-21(12-13-31(26)3)20-9-5-4-6-10-20/h4-17H,1-3H3/q+1. The van der Waals surface area contributed by atoms with Crippen molar-refractivity contribution in [3.63, 3.8) is 0 Å². The van der Waals surface area contributed by atoms with Crippen LogP contribution in [0.1, 0.15) is 11.1 Å². The van der Waals surface area contributed by atoms with E-state index in [0.717, 1.165) is 44.1 Å². The molecule has 0 unspecified atom stereocenters. The Kier molecular flexibility index (Phi) is 4.12. The van der Waals surface area contributed by atoms with Crippen LogP contribution in [0.15, 0.2) is 89.5 Å². The highest BCUT2D eigenvalue weighted by atomic mass is 16.3. The number of nitrogens with zero attached hydrogens (tertiary/aromatic N) is 2. The number of pyridine rings is 2. The number of hydrogen-bond acceptors (Lipinski definition) is 2. The van der Waals surface area contributed by atoms with E-state index in [1.165, 1.54) is 16.7 Å². The van der Waals surface area contributed by atoms with Gasteiger partial charge in [0.1, 0.15) is 12.6 Å². The van der Waals surface area contributed by atoms with Crippen molar-refractivity contribution >= 4 is 33.0 Å². The maximum absolute atomic E-state index is 6.27. The Morgan fingerprint density at radius 2 is 1.59 bits per heavy atom. The SMILES string of the molecule is Cc1cc2c(cc1-c1cc(-c3ccccc3)cc[n+]1C)oc1nc3c(C)cccc3cc12. The molecule has 0 bridgehead atoms. The highest BCUT2D eigenvalue weighted by Crippen LogP contribution is 2.35. The smallest absolute Gasteiger partial charge is 0.227 e. The van der Waals surface area contributed by atoms with Crippen molar-refractivity contribution in [2.45, 2.75) is 13.8 Å². The van der Waals surface area contributed by atoms with Gasteiger partial charge in [-0.2, -0.15) is 0 Å². The van der Waals surface area contributed by atoms with Crippen LogP contribution in [0.3, 0.4) is 0 Å². The minimum absolute atomic E-state index is 0.695. The van der Waals surface area contributed by atoms with Crippen LogP contribution < -0.4 is 4.57 Å². The van der Waals surface area contributed by atoms with E-state index in [4.69, 9.17) is 9.40 Å². The summed E-state index contributed by atoms with van der Waals surface area (Å²) in [6.07, 6.45) is 2.12. The summed E-state index contributed by atoms with van der Waals surface area (Å²) in [6, 6.07) is 27.8. The molecule has 6 rings (SSSR count). The van der Waals surface area contributed by atoms with Crippen molar-refractivity contribution in [3.05, 3.63) is 96.2 Å². The van der Waals surface area contributed by atoms with Crippen LogP contribution in [0.25, 0.3) is 55.4 Å². The zero-order chi connectivity index (χ0) is 21.8. The van der Waals surface area contributed by atoms with E-state index in [-0.39, 0.29) is 0 Å². The van der Waals surface area contributed by atoms with Gasteiger partial charge in [0.25, 0.3) is 0 Å². The molecule has 6 aromatic rings. The van der Waals surface area contributed by atoms with Crippen LogP contribution in [0.2, 0.25) is 0 Å². The monoisotopic (exact) mass is 415 g/mol. The fraction of sp³-hybridized carbons (Fsp3) is 0.103. The van der Waals surface area contributed by atoms with Crippen LogP contribution in [-0.4, -0.2) is 4.98 Å². The molecule has 3 nitrogen and oxygen atoms in total. The first-order chi connectivity index (χ1) is 15.6. The molecular weight excluding hydrogens is 392 g/mol. The minimum Gasteiger partial charge on any atom is -0.438 e. The lowest BCUT2D eigenvalue weighted by Crippen LogP contribution is -2.30. The first-order valence-electron chi connectivity index (χ1n) is 10.9. The maximum Gasteiger partial charge on any atom is 0.227 e. The molecule has 0 saturated carbocycles. The molecule has 3 heteroatoms. The first kappa shape index (κ1) is 18.8. The summed E-state index contributed by atoms with van der Waals surface area (Å²) in [4.78, 5) is 4.85. The third-order valence-electron chi connectivity index (χ3n) is 6.37. The quantitative estimate of drug-likeness (QED) is 0.288. The maximum atomic E-state index is 6.27. The fourth-order valence-electron chi connectivity index (χ4n) is 4.61. The number of fused-ring (bicyclic) bond motifs is 4.